The van der Waals surface area contributed by atoms with E-state index < -0.39 is 0 Å². The maximum absolute atomic E-state index is 11.6. The molecule has 0 spiro atoms. The van der Waals surface area contributed by atoms with E-state index in [4.69, 9.17) is 9.26 Å². The number of carbonyl (C=O) groups excluding carboxylic acids is 1. The molecule has 6 nitrogen and oxygen atoms in total. The number of benzene rings is 1. The van der Waals surface area contributed by atoms with E-state index in [-0.39, 0.29) is 0 Å². The second kappa shape index (κ2) is 6.54. The largest absolute Gasteiger partial charge is 0.437 e. The van der Waals surface area contributed by atoms with E-state index in [1.807, 2.05) is 32.0 Å². The van der Waals surface area contributed by atoms with Gasteiger partial charge in [0.2, 0.25) is 12.3 Å². The molecule has 0 atom stereocenters. The molecule has 3 rings (SSSR count). The van der Waals surface area contributed by atoms with Crippen LogP contribution < -0.4 is 9.64 Å². The Bertz CT molecular complexity index is 873. The van der Waals surface area contributed by atoms with Gasteiger partial charge in [-0.05, 0) is 44.5 Å². The van der Waals surface area contributed by atoms with Gasteiger partial charge in [0.05, 0.1) is 0 Å². The van der Waals surface area contributed by atoms with Gasteiger partial charge >= 0.3 is 0 Å². The summed E-state index contributed by atoms with van der Waals surface area (Å²) in [6.07, 6.45) is 2.27. The second-order valence-electron chi connectivity index (χ2n) is 5.47. The zero-order valence-corrected chi connectivity index (χ0v) is 13.7. The van der Waals surface area contributed by atoms with Crippen LogP contribution in [-0.4, -0.2) is 16.6 Å². The van der Waals surface area contributed by atoms with Crippen molar-refractivity contribution in [3.05, 3.63) is 59.5 Å². The Labute approximate surface area is 139 Å². The molecule has 1 amide bonds. The molecule has 24 heavy (non-hydrogen) atoms. The predicted octanol–water partition coefficient (Wildman–Crippen LogP) is 4.08. The van der Waals surface area contributed by atoms with E-state index in [1.54, 1.807) is 31.3 Å². The molecule has 0 radical (unpaired) electrons. The molecule has 2 aromatic heterocycles. The second-order valence-corrected chi connectivity index (χ2v) is 5.47. The molecule has 0 unspecified atom stereocenters. The zero-order valence-electron chi connectivity index (χ0n) is 13.7. The molecule has 0 aliphatic carbocycles. The molecule has 0 bridgehead atoms. The van der Waals surface area contributed by atoms with Crippen LogP contribution in [0.15, 0.2) is 47.1 Å². The topological polar surface area (TPSA) is 68.5 Å². The van der Waals surface area contributed by atoms with Gasteiger partial charge in [-0.15, -0.1) is 0 Å². The molecule has 2 heterocycles. The molecule has 6 heteroatoms. The number of hydrogen-bond acceptors (Lipinski definition) is 5. The first-order valence-corrected chi connectivity index (χ1v) is 7.46. The van der Waals surface area contributed by atoms with Crippen LogP contribution >= 0.6 is 0 Å². The summed E-state index contributed by atoms with van der Waals surface area (Å²) in [6, 6.07) is 11.0. The third-order valence-electron chi connectivity index (χ3n) is 3.52. The minimum atomic E-state index is 0.317. The number of anilines is 2. The lowest BCUT2D eigenvalue weighted by molar-refractivity contribution is -0.106. The monoisotopic (exact) mass is 323 g/mol. The van der Waals surface area contributed by atoms with E-state index in [0.29, 0.717) is 35.3 Å². The number of ether oxygens (including phenoxy) is 1. The summed E-state index contributed by atoms with van der Waals surface area (Å²) in [4.78, 5) is 17.2. The first kappa shape index (κ1) is 15.7. The van der Waals surface area contributed by atoms with Crippen molar-refractivity contribution in [2.45, 2.75) is 20.8 Å². The highest BCUT2D eigenvalue weighted by atomic mass is 16.5. The summed E-state index contributed by atoms with van der Waals surface area (Å²) in [5, 5.41) is 3.88. The third-order valence-corrected chi connectivity index (χ3v) is 3.52. The highest BCUT2D eigenvalue weighted by Gasteiger charge is 2.18. The Balaban J connectivity index is 1.99. The lowest BCUT2D eigenvalue weighted by Crippen LogP contribution is -2.15. The average molecular weight is 323 g/mol. The van der Waals surface area contributed by atoms with Crippen LogP contribution in [0.25, 0.3) is 0 Å². The summed E-state index contributed by atoms with van der Waals surface area (Å²) in [6.45, 7) is 5.74. The Morgan fingerprint density at radius 3 is 2.67 bits per heavy atom. The van der Waals surface area contributed by atoms with E-state index in [9.17, 15) is 4.79 Å². The van der Waals surface area contributed by atoms with Gasteiger partial charge in [-0.25, -0.2) is 4.98 Å². The van der Waals surface area contributed by atoms with E-state index in [0.717, 1.165) is 11.1 Å². The Hall–Kier alpha value is -3.15. The van der Waals surface area contributed by atoms with Crippen molar-refractivity contribution in [2.24, 2.45) is 0 Å². The SMILES string of the molecule is Cc1ccc(Oc2ncccc2N(C=O)c2cc(C)on2)c(C)c1. The molecule has 0 aliphatic heterocycles. The van der Waals surface area contributed by atoms with Gasteiger partial charge < -0.3 is 9.26 Å². The summed E-state index contributed by atoms with van der Waals surface area (Å²) in [5.41, 5.74) is 2.62. The first-order valence-electron chi connectivity index (χ1n) is 7.46. The molecule has 0 saturated heterocycles. The summed E-state index contributed by atoms with van der Waals surface area (Å²) < 4.78 is 11.0. The molecular weight excluding hydrogens is 306 g/mol. The van der Waals surface area contributed by atoms with Crippen molar-refractivity contribution in [1.29, 1.82) is 0 Å². The van der Waals surface area contributed by atoms with Gasteiger partial charge in [-0.1, -0.05) is 22.9 Å². The van der Waals surface area contributed by atoms with Gasteiger partial charge in [0.15, 0.2) is 5.82 Å². The Morgan fingerprint density at radius 2 is 2.00 bits per heavy atom. The number of pyridine rings is 1. The maximum Gasteiger partial charge on any atom is 0.243 e. The van der Waals surface area contributed by atoms with Crippen molar-refractivity contribution >= 4 is 17.9 Å². The van der Waals surface area contributed by atoms with Gasteiger partial charge in [-0.2, -0.15) is 0 Å². The fraction of sp³-hybridized carbons (Fsp3) is 0.167. The van der Waals surface area contributed by atoms with Gasteiger partial charge in [0.25, 0.3) is 0 Å². The number of hydrogen-bond donors (Lipinski definition) is 0. The molecule has 0 N–H and O–H groups in total. The van der Waals surface area contributed by atoms with Crippen LogP contribution in [0.1, 0.15) is 16.9 Å². The van der Waals surface area contributed by atoms with Crippen LogP contribution in [0, 0.1) is 20.8 Å². The standard InChI is InChI=1S/C18H17N3O3/c1-12-6-7-16(13(2)9-12)23-18-15(5-4-8-19-18)21(11-22)17-10-14(3)24-20-17/h4-11H,1-3H3. The molecule has 122 valence electrons. The zero-order chi connectivity index (χ0) is 17.1. The normalized spacial score (nSPS) is 10.5. The highest BCUT2D eigenvalue weighted by Crippen LogP contribution is 2.34. The van der Waals surface area contributed by atoms with Gasteiger partial charge in [-0.3, -0.25) is 9.69 Å². The molecular formula is C18H17N3O3. The van der Waals surface area contributed by atoms with Gasteiger partial charge in [0, 0.05) is 12.3 Å². The summed E-state index contributed by atoms with van der Waals surface area (Å²) >= 11 is 0. The van der Waals surface area contributed by atoms with Gasteiger partial charge in [0.1, 0.15) is 17.2 Å². The number of aromatic nitrogens is 2. The number of nitrogens with zero attached hydrogens (tertiary/aromatic N) is 3. The lowest BCUT2D eigenvalue weighted by Gasteiger charge is -2.17. The Kier molecular flexibility index (Phi) is 4.29. The van der Waals surface area contributed by atoms with E-state index >= 15 is 0 Å². The first-order chi connectivity index (χ1) is 11.6. The van der Waals surface area contributed by atoms with E-state index in [1.165, 1.54) is 4.90 Å². The van der Waals surface area contributed by atoms with E-state index in [2.05, 4.69) is 10.1 Å². The van der Waals surface area contributed by atoms with Crippen molar-refractivity contribution in [1.82, 2.24) is 10.1 Å². The Morgan fingerprint density at radius 1 is 1.17 bits per heavy atom. The average Bonchev–Trinajstić information content (AvgIpc) is 2.98. The van der Waals surface area contributed by atoms with Crippen molar-refractivity contribution < 1.29 is 14.1 Å². The number of rotatable bonds is 5. The smallest absolute Gasteiger partial charge is 0.243 e. The van der Waals surface area contributed by atoms with Crippen molar-refractivity contribution in [2.75, 3.05) is 4.90 Å². The summed E-state index contributed by atoms with van der Waals surface area (Å²) in [7, 11) is 0. The summed E-state index contributed by atoms with van der Waals surface area (Å²) in [5.74, 6) is 1.98. The van der Waals surface area contributed by atoms with Crippen LogP contribution in [0.4, 0.5) is 11.5 Å². The predicted molar refractivity (Wildman–Crippen MR) is 89.7 cm³/mol. The molecule has 3 aromatic rings. The number of amides is 1. The maximum atomic E-state index is 11.6. The lowest BCUT2D eigenvalue weighted by atomic mass is 10.1. The molecule has 0 saturated carbocycles. The van der Waals surface area contributed by atoms with Crippen molar-refractivity contribution in [3.8, 4) is 11.6 Å². The van der Waals surface area contributed by atoms with Crippen LogP contribution in [0.2, 0.25) is 0 Å². The molecule has 0 aliphatic rings. The highest BCUT2D eigenvalue weighted by molar-refractivity contribution is 5.86. The quantitative estimate of drug-likeness (QED) is 0.662. The third kappa shape index (κ3) is 3.12. The fourth-order valence-corrected chi connectivity index (χ4v) is 2.36. The number of aryl methyl sites for hydroxylation is 3. The minimum Gasteiger partial charge on any atom is -0.437 e. The van der Waals surface area contributed by atoms with Crippen LogP contribution in [0.5, 0.6) is 11.6 Å². The van der Waals surface area contributed by atoms with Crippen molar-refractivity contribution in [3.63, 3.8) is 0 Å². The number of carbonyl (C=O) groups is 1. The van der Waals surface area contributed by atoms with Crippen LogP contribution in [0.3, 0.4) is 0 Å². The van der Waals surface area contributed by atoms with Crippen LogP contribution in [-0.2, 0) is 4.79 Å². The molecule has 0 fully saturated rings. The minimum absolute atomic E-state index is 0.317. The molecule has 1 aromatic carbocycles. The fourth-order valence-electron chi connectivity index (χ4n) is 2.36.